The molecule has 1 aromatic heterocycles. The van der Waals surface area contributed by atoms with Crippen LogP contribution in [0, 0.1) is 0 Å². The van der Waals surface area contributed by atoms with Gasteiger partial charge in [-0.2, -0.15) is 4.99 Å². The summed E-state index contributed by atoms with van der Waals surface area (Å²) in [6, 6.07) is 8.08. The van der Waals surface area contributed by atoms with Crippen LogP contribution in [-0.4, -0.2) is 73.0 Å². The molecule has 2 atom stereocenters. The van der Waals surface area contributed by atoms with Gasteiger partial charge in [-0.25, -0.2) is 4.98 Å². The van der Waals surface area contributed by atoms with Crippen LogP contribution in [0.5, 0.6) is 0 Å². The van der Waals surface area contributed by atoms with Crippen LogP contribution in [0.1, 0.15) is 17.3 Å². The Hall–Kier alpha value is -2.36. The molecule has 0 spiro atoms. The second-order valence-electron chi connectivity index (χ2n) is 7.11. The number of carbonyl (C=O) groups is 1. The number of aromatic nitrogens is 1. The van der Waals surface area contributed by atoms with Gasteiger partial charge in [0, 0.05) is 19.6 Å². The average Bonchev–Trinajstić information content (AvgIpc) is 3.37. The van der Waals surface area contributed by atoms with E-state index in [1.807, 2.05) is 24.3 Å². The molecular formula is C19H22N6O2S. The highest BCUT2D eigenvalue weighted by Gasteiger charge is 2.36. The van der Waals surface area contributed by atoms with Crippen molar-refractivity contribution >= 4 is 39.3 Å². The Labute approximate surface area is 166 Å². The molecule has 2 N–H and O–H groups in total. The van der Waals surface area contributed by atoms with Crippen LogP contribution < -0.4 is 10.6 Å². The van der Waals surface area contributed by atoms with E-state index in [0.717, 1.165) is 34.7 Å². The van der Waals surface area contributed by atoms with Crippen molar-refractivity contribution in [1.82, 2.24) is 20.5 Å². The molecule has 1 amide bonds. The van der Waals surface area contributed by atoms with Gasteiger partial charge in [0.1, 0.15) is 16.8 Å². The number of rotatable bonds is 2. The molecule has 0 saturated carbocycles. The van der Waals surface area contributed by atoms with Crippen LogP contribution in [0.3, 0.4) is 0 Å². The van der Waals surface area contributed by atoms with Crippen molar-refractivity contribution in [3.05, 3.63) is 29.3 Å². The van der Waals surface area contributed by atoms with Gasteiger partial charge in [0.25, 0.3) is 0 Å². The summed E-state index contributed by atoms with van der Waals surface area (Å²) in [5.41, 5.74) is 0.903. The molecule has 28 heavy (non-hydrogen) atoms. The van der Waals surface area contributed by atoms with Crippen molar-refractivity contribution in [3.8, 4) is 0 Å². The number of hydrogen-bond donors (Lipinski definition) is 2. The maximum Gasteiger partial charge on any atom is 0.244 e. The summed E-state index contributed by atoms with van der Waals surface area (Å²) in [5, 5.41) is 7.06. The SMILES string of the molecule is O=C1NC(N2CCOCC2)=NC(=N[C@H]2CCNC2)C1c1nc2ccccc2s1. The van der Waals surface area contributed by atoms with E-state index < -0.39 is 5.92 Å². The highest BCUT2D eigenvalue weighted by atomic mass is 32.1. The number of para-hydroxylation sites is 1. The number of aliphatic imine (C=N–C) groups is 2. The number of nitrogens with zero attached hydrogens (tertiary/aromatic N) is 4. The number of fused-ring (bicyclic) bond motifs is 1. The number of morpholine rings is 1. The van der Waals surface area contributed by atoms with Crippen molar-refractivity contribution in [2.75, 3.05) is 39.4 Å². The van der Waals surface area contributed by atoms with E-state index >= 15 is 0 Å². The molecule has 146 valence electrons. The zero-order chi connectivity index (χ0) is 18.9. The van der Waals surface area contributed by atoms with E-state index in [-0.39, 0.29) is 11.9 Å². The maximum absolute atomic E-state index is 13.1. The zero-order valence-electron chi connectivity index (χ0n) is 15.4. The fourth-order valence-corrected chi connectivity index (χ4v) is 4.77. The predicted molar refractivity (Wildman–Crippen MR) is 109 cm³/mol. The lowest BCUT2D eigenvalue weighted by molar-refractivity contribution is -0.120. The number of amides is 1. The normalized spacial score (nSPS) is 27.3. The van der Waals surface area contributed by atoms with E-state index in [1.165, 1.54) is 11.3 Å². The van der Waals surface area contributed by atoms with Crippen molar-refractivity contribution in [2.45, 2.75) is 18.4 Å². The van der Waals surface area contributed by atoms with Crippen LogP contribution in [0.4, 0.5) is 0 Å². The minimum Gasteiger partial charge on any atom is -0.378 e. The number of guanidine groups is 1. The predicted octanol–water partition coefficient (Wildman–Crippen LogP) is 0.958. The number of ether oxygens (including phenoxy) is 1. The second kappa shape index (κ2) is 7.57. The molecule has 4 heterocycles. The molecule has 2 fully saturated rings. The van der Waals surface area contributed by atoms with Crippen molar-refractivity contribution in [3.63, 3.8) is 0 Å². The fourth-order valence-electron chi connectivity index (χ4n) is 3.70. The highest BCUT2D eigenvalue weighted by molar-refractivity contribution is 7.18. The van der Waals surface area contributed by atoms with Crippen LogP contribution in [-0.2, 0) is 9.53 Å². The summed E-state index contributed by atoms with van der Waals surface area (Å²) >= 11 is 1.53. The molecule has 8 nitrogen and oxygen atoms in total. The lowest BCUT2D eigenvalue weighted by Gasteiger charge is -2.32. The minimum atomic E-state index is -0.567. The van der Waals surface area contributed by atoms with Gasteiger partial charge in [0.05, 0.1) is 29.5 Å². The third kappa shape index (κ3) is 3.41. The molecule has 3 aliphatic heterocycles. The highest BCUT2D eigenvalue weighted by Crippen LogP contribution is 2.31. The second-order valence-corrected chi connectivity index (χ2v) is 8.17. The average molecular weight is 398 g/mol. The van der Waals surface area contributed by atoms with Crippen molar-refractivity contribution in [1.29, 1.82) is 0 Å². The third-order valence-corrected chi connectivity index (χ3v) is 6.29. The number of nitrogens with one attached hydrogen (secondary N) is 2. The molecule has 2 saturated heterocycles. The molecule has 1 aromatic carbocycles. The van der Waals surface area contributed by atoms with Crippen LogP contribution >= 0.6 is 11.3 Å². The summed E-state index contributed by atoms with van der Waals surface area (Å²) in [4.78, 5) is 29.6. The molecule has 0 radical (unpaired) electrons. The summed E-state index contributed by atoms with van der Waals surface area (Å²) in [5.74, 6) is 0.469. The number of amidine groups is 1. The van der Waals surface area contributed by atoms with Crippen LogP contribution in [0.15, 0.2) is 34.3 Å². The Morgan fingerprint density at radius 1 is 1.25 bits per heavy atom. The molecule has 1 unspecified atom stereocenters. The summed E-state index contributed by atoms with van der Waals surface area (Å²) in [6.45, 7) is 4.45. The fraction of sp³-hybridized carbons (Fsp3) is 0.474. The molecule has 3 aliphatic rings. The van der Waals surface area contributed by atoms with Gasteiger partial charge in [-0.05, 0) is 25.1 Å². The maximum atomic E-state index is 13.1. The summed E-state index contributed by atoms with van der Waals surface area (Å²) in [7, 11) is 0. The van der Waals surface area contributed by atoms with Gasteiger partial charge in [-0.1, -0.05) is 12.1 Å². The van der Waals surface area contributed by atoms with E-state index in [9.17, 15) is 4.79 Å². The molecule has 0 bridgehead atoms. The lowest BCUT2D eigenvalue weighted by atomic mass is 10.1. The topological polar surface area (TPSA) is 91.2 Å². The molecule has 9 heteroatoms. The van der Waals surface area contributed by atoms with E-state index in [1.54, 1.807) is 0 Å². The Kier molecular flexibility index (Phi) is 4.79. The van der Waals surface area contributed by atoms with Crippen LogP contribution in [0.2, 0.25) is 0 Å². The monoisotopic (exact) mass is 398 g/mol. The van der Waals surface area contributed by atoms with E-state index in [2.05, 4.69) is 15.5 Å². The quantitative estimate of drug-likeness (QED) is 0.786. The Bertz CT molecular complexity index is 910. The largest absolute Gasteiger partial charge is 0.378 e. The zero-order valence-corrected chi connectivity index (χ0v) is 16.2. The van der Waals surface area contributed by atoms with Crippen molar-refractivity contribution < 1.29 is 9.53 Å². The van der Waals surface area contributed by atoms with E-state index in [0.29, 0.717) is 38.1 Å². The first-order valence-electron chi connectivity index (χ1n) is 9.64. The van der Waals surface area contributed by atoms with Gasteiger partial charge in [0.15, 0.2) is 0 Å². The van der Waals surface area contributed by atoms with E-state index in [4.69, 9.17) is 19.7 Å². The molecule has 5 rings (SSSR count). The van der Waals surface area contributed by atoms with Gasteiger partial charge < -0.3 is 15.0 Å². The molecular weight excluding hydrogens is 376 g/mol. The van der Waals surface area contributed by atoms with Crippen LogP contribution in [0.25, 0.3) is 10.2 Å². The first kappa shape index (κ1) is 17.7. The summed E-state index contributed by atoms with van der Waals surface area (Å²) < 4.78 is 6.48. The number of carbonyl (C=O) groups excluding carboxylic acids is 1. The smallest absolute Gasteiger partial charge is 0.244 e. The van der Waals surface area contributed by atoms with Gasteiger partial charge >= 0.3 is 0 Å². The lowest BCUT2D eigenvalue weighted by Crippen LogP contribution is -2.53. The molecule has 0 aliphatic carbocycles. The first-order chi connectivity index (χ1) is 13.8. The Morgan fingerprint density at radius 2 is 2.11 bits per heavy atom. The standard InChI is InChI=1S/C19H22N6O2S/c26-17-15(18-22-13-3-1-2-4-14(13)28-18)16(21-12-5-6-20-11-12)23-19(24-17)25-7-9-27-10-8-25/h1-4,12,15,20H,5-11H2,(H,21,23,24,26)/t12-,15?/m0/s1. The van der Waals surface area contributed by atoms with Gasteiger partial charge in [0.2, 0.25) is 11.9 Å². The van der Waals surface area contributed by atoms with Crippen molar-refractivity contribution in [2.24, 2.45) is 9.98 Å². The number of hydrogen-bond acceptors (Lipinski definition) is 7. The first-order valence-corrected chi connectivity index (χ1v) is 10.5. The number of thiazole rings is 1. The number of benzene rings is 1. The Morgan fingerprint density at radius 3 is 2.89 bits per heavy atom. The minimum absolute atomic E-state index is 0.111. The third-order valence-electron chi connectivity index (χ3n) is 5.19. The summed E-state index contributed by atoms with van der Waals surface area (Å²) in [6.07, 6.45) is 0.958. The molecule has 2 aromatic rings. The Balaban J connectivity index is 1.54. The van der Waals surface area contributed by atoms with Gasteiger partial charge in [-0.15, -0.1) is 11.3 Å². The van der Waals surface area contributed by atoms with Gasteiger partial charge in [-0.3, -0.25) is 15.1 Å².